The van der Waals surface area contributed by atoms with Gasteiger partial charge in [-0.3, -0.25) is 0 Å². The van der Waals surface area contributed by atoms with E-state index in [1.165, 1.54) is 10.4 Å². The maximum absolute atomic E-state index is 5.67. The normalized spacial score (nSPS) is 12.9. The van der Waals surface area contributed by atoms with Crippen molar-refractivity contribution in [2.75, 3.05) is 5.43 Å². The Balaban J connectivity index is 2.37. The molecule has 0 fully saturated rings. The van der Waals surface area contributed by atoms with Crippen LogP contribution in [0.2, 0.25) is 0 Å². The smallest absolute Gasteiger partial charge is 0.158 e. The molecule has 2 aromatic heterocycles. The van der Waals surface area contributed by atoms with Crippen molar-refractivity contribution in [3.63, 3.8) is 0 Å². The third kappa shape index (κ3) is 2.86. The molecule has 1 atom stereocenters. The van der Waals surface area contributed by atoms with Crippen LogP contribution >= 0.6 is 11.3 Å². The number of nitrogens with one attached hydrogen (secondary N) is 1. The average Bonchev–Trinajstić information content (AvgIpc) is 2.70. The molecule has 2 rings (SSSR count). The van der Waals surface area contributed by atoms with E-state index >= 15 is 0 Å². The van der Waals surface area contributed by atoms with E-state index in [2.05, 4.69) is 36.2 Å². The second-order valence-electron chi connectivity index (χ2n) is 4.63. The third-order valence-corrected chi connectivity index (χ3v) is 4.38. The third-order valence-electron chi connectivity index (χ3n) is 3.28. The van der Waals surface area contributed by atoms with Crippen LogP contribution in [0.5, 0.6) is 0 Å². The van der Waals surface area contributed by atoms with Gasteiger partial charge in [0.1, 0.15) is 11.4 Å². The summed E-state index contributed by atoms with van der Waals surface area (Å²) in [6, 6.07) is 0. The largest absolute Gasteiger partial charge is 0.371 e. The lowest BCUT2D eigenvalue weighted by Crippen LogP contribution is -2.13. The Morgan fingerprint density at radius 1 is 1.37 bits per heavy atom. The number of hydrogen-bond donors (Lipinski definition) is 2. The van der Waals surface area contributed by atoms with Crippen LogP contribution in [0.3, 0.4) is 0 Å². The van der Waals surface area contributed by atoms with Crippen LogP contribution in [0.1, 0.15) is 36.5 Å². The van der Waals surface area contributed by atoms with Gasteiger partial charge in [0.25, 0.3) is 0 Å². The Bertz CT molecular complexity index is 582. The molecule has 0 bridgehead atoms. The van der Waals surface area contributed by atoms with Gasteiger partial charge >= 0.3 is 0 Å². The zero-order valence-electron chi connectivity index (χ0n) is 11.8. The van der Waals surface area contributed by atoms with Gasteiger partial charge in [-0.05, 0) is 32.8 Å². The fourth-order valence-corrected chi connectivity index (χ4v) is 2.85. The first-order chi connectivity index (χ1) is 9.06. The highest BCUT2D eigenvalue weighted by Gasteiger charge is 2.14. The molecule has 0 saturated heterocycles. The molecule has 19 heavy (non-hydrogen) atoms. The fraction of sp³-hybridized carbons (Fsp3) is 0.538. The van der Waals surface area contributed by atoms with Crippen LogP contribution in [0.25, 0.3) is 10.2 Å². The molecule has 0 aromatic carbocycles. The number of hydrazine groups is 1. The summed E-state index contributed by atoms with van der Waals surface area (Å²) in [5, 5.41) is 1.01. The van der Waals surface area contributed by atoms with Crippen molar-refractivity contribution < 1.29 is 4.74 Å². The van der Waals surface area contributed by atoms with E-state index in [0.29, 0.717) is 18.2 Å². The maximum Gasteiger partial charge on any atom is 0.158 e. The predicted molar refractivity (Wildman–Crippen MR) is 79.2 cm³/mol. The van der Waals surface area contributed by atoms with Crippen molar-refractivity contribution in [1.29, 1.82) is 0 Å². The number of aryl methyl sites for hydroxylation is 2. The van der Waals surface area contributed by atoms with Crippen molar-refractivity contribution >= 4 is 27.4 Å². The first-order valence-corrected chi connectivity index (χ1v) is 7.23. The van der Waals surface area contributed by atoms with E-state index in [0.717, 1.165) is 16.6 Å². The van der Waals surface area contributed by atoms with Gasteiger partial charge < -0.3 is 10.2 Å². The maximum atomic E-state index is 5.67. The highest BCUT2D eigenvalue weighted by atomic mass is 32.1. The second kappa shape index (κ2) is 5.81. The highest BCUT2D eigenvalue weighted by molar-refractivity contribution is 7.18. The Kier molecular flexibility index (Phi) is 4.34. The van der Waals surface area contributed by atoms with Crippen LogP contribution in [0, 0.1) is 13.8 Å². The van der Waals surface area contributed by atoms with Crippen LogP contribution in [-0.2, 0) is 11.3 Å². The lowest BCUT2D eigenvalue weighted by molar-refractivity contribution is 0.0470. The molecule has 0 saturated carbocycles. The number of hydrogen-bond acceptors (Lipinski definition) is 6. The molecule has 3 N–H and O–H groups in total. The fourth-order valence-electron chi connectivity index (χ4n) is 1.80. The first kappa shape index (κ1) is 14.2. The molecular weight excluding hydrogens is 260 g/mol. The van der Waals surface area contributed by atoms with Crippen molar-refractivity contribution in [2.45, 2.75) is 46.8 Å². The molecule has 6 heteroatoms. The summed E-state index contributed by atoms with van der Waals surface area (Å²) in [4.78, 5) is 11.2. The summed E-state index contributed by atoms with van der Waals surface area (Å²) in [7, 11) is 0. The van der Waals surface area contributed by atoms with Crippen LogP contribution in [0.4, 0.5) is 5.82 Å². The monoisotopic (exact) mass is 280 g/mol. The van der Waals surface area contributed by atoms with E-state index < -0.39 is 0 Å². The van der Waals surface area contributed by atoms with E-state index in [9.17, 15) is 0 Å². The number of nitrogens with zero attached hydrogens (tertiary/aromatic N) is 2. The van der Waals surface area contributed by atoms with Gasteiger partial charge in [0.15, 0.2) is 11.6 Å². The minimum Gasteiger partial charge on any atom is -0.371 e. The number of fused-ring (bicyclic) bond motifs is 1. The van der Waals surface area contributed by atoms with Gasteiger partial charge in [-0.2, -0.15) is 0 Å². The topological polar surface area (TPSA) is 73.1 Å². The van der Waals surface area contributed by atoms with Gasteiger partial charge in [0, 0.05) is 4.88 Å². The molecule has 104 valence electrons. The van der Waals surface area contributed by atoms with Gasteiger partial charge in [-0.25, -0.2) is 15.8 Å². The Morgan fingerprint density at radius 2 is 2.11 bits per heavy atom. The number of nitrogens with two attached hydrogens (primary N) is 1. The summed E-state index contributed by atoms with van der Waals surface area (Å²) < 4.78 is 5.67. The molecule has 0 aliphatic rings. The molecule has 0 radical (unpaired) electrons. The quantitative estimate of drug-likeness (QED) is 0.651. The summed E-state index contributed by atoms with van der Waals surface area (Å²) in [6.07, 6.45) is 1.18. The number of ether oxygens (including phenoxy) is 1. The summed E-state index contributed by atoms with van der Waals surface area (Å²) >= 11 is 1.66. The Morgan fingerprint density at radius 3 is 2.74 bits per heavy atom. The lowest BCUT2D eigenvalue weighted by atomic mass is 10.2. The van der Waals surface area contributed by atoms with E-state index in [4.69, 9.17) is 10.6 Å². The molecule has 2 heterocycles. The molecule has 5 nitrogen and oxygen atoms in total. The van der Waals surface area contributed by atoms with E-state index in [1.807, 2.05) is 6.92 Å². The number of anilines is 1. The molecule has 0 spiro atoms. The van der Waals surface area contributed by atoms with Crippen molar-refractivity contribution in [2.24, 2.45) is 5.84 Å². The molecule has 0 amide bonds. The van der Waals surface area contributed by atoms with Crippen molar-refractivity contribution in [1.82, 2.24) is 9.97 Å². The molecule has 0 aliphatic carbocycles. The molecule has 2 aromatic rings. The van der Waals surface area contributed by atoms with Crippen LogP contribution in [0.15, 0.2) is 0 Å². The van der Waals surface area contributed by atoms with Crippen LogP contribution < -0.4 is 11.3 Å². The van der Waals surface area contributed by atoms with E-state index in [-0.39, 0.29) is 6.10 Å². The lowest BCUT2D eigenvalue weighted by Gasteiger charge is -2.10. The standard InChI is InChI=1S/C13H20N4OS/c1-5-7(2)18-6-10-15-12(17-14)11-8(3)9(4)19-13(11)16-10/h7H,5-6,14H2,1-4H3,(H,15,16,17). The predicted octanol–water partition coefficient (Wildman–Crippen LogP) is 2.91. The highest BCUT2D eigenvalue weighted by Crippen LogP contribution is 2.32. The van der Waals surface area contributed by atoms with Crippen molar-refractivity contribution in [3.05, 3.63) is 16.3 Å². The van der Waals surface area contributed by atoms with Crippen molar-refractivity contribution in [3.8, 4) is 0 Å². The number of rotatable bonds is 5. The number of nitrogen functional groups attached to an aromatic ring is 1. The molecule has 1 unspecified atom stereocenters. The first-order valence-electron chi connectivity index (χ1n) is 6.41. The zero-order valence-corrected chi connectivity index (χ0v) is 12.6. The SMILES string of the molecule is CCC(C)OCc1nc(NN)c2c(C)c(C)sc2n1. The van der Waals surface area contributed by atoms with E-state index in [1.54, 1.807) is 11.3 Å². The summed E-state index contributed by atoms with van der Waals surface area (Å²) in [6.45, 7) is 8.69. The number of thiophene rings is 1. The Labute approximate surface area is 117 Å². The Hall–Kier alpha value is -1.24. The molecule has 0 aliphatic heterocycles. The minimum atomic E-state index is 0.209. The van der Waals surface area contributed by atoms with Gasteiger partial charge in [-0.15, -0.1) is 11.3 Å². The number of aromatic nitrogens is 2. The summed E-state index contributed by atoms with van der Waals surface area (Å²) in [5.74, 6) is 6.91. The average molecular weight is 280 g/mol. The minimum absolute atomic E-state index is 0.209. The molecular formula is C13H20N4OS. The van der Waals surface area contributed by atoms with Gasteiger partial charge in [0.05, 0.1) is 11.5 Å². The van der Waals surface area contributed by atoms with Crippen LogP contribution in [-0.4, -0.2) is 16.1 Å². The zero-order chi connectivity index (χ0) is 14.0. The summed E-state index contributed by atoms with van der Waals surface area (Å²) in [5.41, 5.74) is 3.85. The van der Waals surface area contributed by atoms with Gasteiger partial charge in [-0.1, -0.05) is 6.92 Å². The second-order valence-corrected chi connectivity index (χ2v) is 5.83. The van der Waals surface area contributed by atoms with Gasteiger partial charge in [0.2, 0.25) is 0 Å².